The van der Waals surface area contributed by atoms with Crippen molar-refractivity contribution in [2.24, 2.45) is 52.1 Å². The fourth-order valence-electron chi connectivity index (χ4n) is 9.62. The molecule has 0 aromatic rings. The zero-order valence-corrected chi connectivity index (χ0v) is 25.0. The summed E-state index contributed by atoms with van der Waals surface area (Å²) >= 11 is 0. The Kier molecular flexibility index (Phi) is 9.36. The molecule has 8 aliphatic rings. The molecule has 3 N–H and O–H groups in total. The van der Waals surface area contributed by atoms with Crippen molar-refractivity contribution in [3.63, 3.8) is 0 Å². The van der Waals surface area contributed by atoms with Crippen LogP contribution in [0.1, 0.15) is 77.0 Å². The topological polar surface area (TPSA) is 140 Å². The van der Waals surface area contributed by atoms with Gasteiger partial charge in [0.15, 0.2) is 0 Å². The minimum absolute atomic E-state index is 0.0143. The number of nitrogens with two attached hydrogens (primary N) is 1. The van der Waals surface area contributed by atoms with Gasteiger partial charge in [0, 0.05) is 6.54 Å². The molecule has 0 unspecified atom stereocenters. The third-order valence-corrected chi connectivity index (χ3v) is 12.1. The van der Waals surface area contributed by atoms with Crippen LogP contribution < -0.4 is 11.1 Å². The summed E-state index contributed by atoms with van der Waals surface area (Å²) in [7, 11) is -12.7. The van der Waals surface area contributed by atoms with E-state index in [0.717, 1.165) is 43.6 Å². The monoisotopic (exact) mass is 670 g/mol. The van der Waals surface area contributed by atoms with Crippen molar-refractivity contribution in [2.45, 2.75) is 87.6 Å². The third kappa shape index (κ3) is 7.17. The molecule has 17 heteroatoms. The van der Waals surface area contributed by atoms with E-state index in [-0.39, 0.29) is 12.0 Å². The predicted molar refractivity (Wildman–Crippen MR) is 139 cm³/mol. The van der Waals surface area contributed by atoms with Crippen molar-refractivity contribution >= 4 is 32.4 Å². The molecule has 0 aliphatic heterocycles. The number of hydrogen-bond acceptors (Lipinski definition) is 7. The van der Waals surface area contributed by atoms with Gasteiger partial charge in [0.1, 0.15) is 0 Å². The Bertz CT molecular complexity index is 1240. The fourth-order valence-corrected chi connectivity index (χ4v) is 10.1. The van der Waals surface area contributed by atoms with Crippen LogP contribution in [0.25, 0.3) is 0 Å². The number of halogens is 7. The highest BCUT2D eigenvalue weighted by molar-refractivity contribution is 7.88. The summed E-state index contributed by atoms with van der Waals surface area (Å²) in [4.78, 5) is 20.4. The molecule has 0 spiro atoms. The van der Waals surface area contributed by atoms with Gasteiger partial charge in [-0.2, -0.15) is 38.8 Å². The maximum atomic E-state index is 13.1. The van der Waals surface area contributed by atoms with E-state index in [2.05, 4.69) is 0 Å². The Balaban J connectivity index is 0.000000163. The number of carbonyl (C=O) groups is 2. The van der Waals surface area contributed by atoms with Crippen LogP contribution in [-0.2, 0) is 30.0 Å². The lowest BCUT2D eigenvalue weighted by Gasteiger charge is -2.56. The summed E-state index contributed by atoms with van der Waals surface area (Å²) < 4.78 is 123. The van der Waals surface area contributed by atoms with Gasteiger partial charge in [0.25, 0.3) is 0 Å². The molecule has 0 aromatic heterocycles. The van der Waals surface area contributed by atoms with Crippen molar-refractivity contribution in [1.29, 1.82) is 0 Å². The second-order valence-electron chi connectivity index (χ2n) is 13.9. The van der Waals surface area contributed by atoms with E-state index >= 15 is 0 Å². The van der Waals surface area contributed by atoms with Crippen molar-refractivity contribution in [2.75, 3.05) is 13.1 Å². The van der Waals surface area contributed by atoms with Crippen LogP contribution in [0, 0.1) is 46.3 Å². The number of amides is 1. The Morgan fingerprint density at radius 1 is 0.651 bits per heavy atom. The normalized spacial score (nSPS) is 37.6. The molecule has 8 nitrogen and oxygen atoms in total. The summed E-state index contributed by atoms with van der Waals surface area (Å²) in [6, 6.07) is -3.53. The highest BCUT2D eigenvalue weighted by atomic mass is 32.3. The van der Waals surface area contributed by atoms with Gasteiger partial charge in [-0.05, 0) is 130 Å². The number of hydrogen-bond donors (Lipinski definition) is 2. The van der Waals surface area contributed by atoms with Crippen LogP contribution in [0.3, 0.4) is 0 Å². The highest BCUT2D eigenvalue weighted by Crippen LogP contribution is 2.60. The zero-order valence-electron chi connectivity index (χ0n) is 23.4. The first kappa shape index (κ1) is 34.4. The molecular weight excluding hydrogens is 633 g/mol. The number of nitrogens with one attached hydrogen (secondary N) is 1. The Morgan fingerprint density at radius 3 is 1.19 bits per heavy atom. The van der Waals surface area contributed by atoms with Gasteiger partial charge in [-0.15, -0.1) is 0 Å². The molecule has 8 aliphatic carbocycles. The van der Waals surface area contributed by atoms with Crippen LogP contribution >= 0.6 is 0 Å². The standard InChI is InChI=1S/C13H18F3NO3S.C11H19N.C2F4O3S/c14-13(15,21(16,19)20)11(18)17-7-12-4-8-1-9(5-12)3-10(2-8)6-12;12-7-11-4-8-1-9(5-11)3-10(2-8)6-11;3-1(7)2(4,5)10(6,8)9/h8-10H,1-7H2,(H,17,18);8-10H,1-7,12H2;. The van der Waals surface area contributed by atoms with E-state index in [0.29, 0.717) is 23.2 Å². The lowest BCUT2D eigenvalue weighted by molar-refractivity contribution is -0.145. The SMILES string of the molecule is NCC12CC3CC(CC(C3)C1)C2.O=C(F)C(F)(F)S(=O)(=O)F.O=C(NCC12CC3CC(CC(C3)C1)C2)C(F)(F)S(=O)(=O)F. The largest absolute Gasteiger partial charge is 0.463 e. The molecule has 0 radical (unpaired) electrons. The predicted octanol–water partition coefficient (Wildman–Crippen LogP) is 4.75. The molecule has 8 saturated carbocycles. The molecule has 8 fully saturated rings. The Morgan fingerprint density at radius 2 is 0.953 bits per heavy atom. The molecule has 8 bridgehead atoms. The molecular formula is C26H37F7N2O6S2. The quantitative estimate of drug-likeness (QED) is 0.294. The number of carbonyl (C=O) groups excluding carboxylic acids is 2. The molecule has 0 heterocycles. The van der Waals surface area contributed by atoms with Crippen LogP contribution in [-0.4, -0.2) is 52.4 Å². The summed E-state index contributed by atoms with van der Waals surface area (Å²) in [5, 5.41) is -8.59. The van der Waals surface area contributed by atoms with Crippen molar-refractivity contribution in [1.82, 2.24) is 5.32 Å². The minimum atomic E-state index is -6.46. The average Bonchev–Trinajstić information content (AvgIpc) is 2.85. The van der Waals surface area contributed by atoms with Gasteiger partial charge < -0.3 is 11.1 Å². The average molecular weight is 671 g/mol. The fraction of sp³-hybridized carbons (Fsp3) is 0.923. The van der Waals surface area contributed by atoms with Crippen molar-refractivity contribution < 1.29 is 56.1 Å². The summed E-state index contributed by atoms with van der Waals surface area (Å²) in [6.07, 6.45) is 15.2. The zero-order chi connectivity index (χ0) is 32.2. The second-order valence-corrected chi connectivity index (χ2v) is 16.7. The highest BCUT2D eigenvalue weighted by Gasteiger charge is 2.56. The molecule has 248 valence electrons. The molecule has 0 atom stereocenters. The van der Waals surface area contributed by atoms with E-state index in [1.54, 1.807) is 0 Å². The summed E-state index contributed by atoms with van der Waals surface area (Å²) in [5.41, 5.74) is 6.34. The van der Waals surface area contributed by atoms with Gasteiger partial charge in [-0.25, -0.2) is 0 Å². The lowest BCUT2D eigenvalue weighted by atomic mass is 9.49. The first-order valence-electron chi connectivity index (χ1n) is 14.4. The maximum Gasteiger partial charge on any atom is 0.463 e. The van der Waals surface area contributed by atoms with Crippen LogP contribution in [0.4, 0.5) is 29.7 Å². The molecule has 1 amide bonds. The van der Waals surface area contributed by atoms with Gasteiger partial charge in [0.05, 0.1) is 0 Å². The number of alkyl halides is 4. The Hall–Kier alpha value is -1.49. The van der Waals surface area contributed by atoms with Gasteiger partial charge in [-0.3, -0.25) is 9.59 Å². The van der Waals surface area contributed by atoms with E-state index in [4.69, 9.17) is 10.5 Å². The van der Waals surface area contributed by atoms with Crippen molar-refractivity contribution in [3.05, 3.63) is 0 Å². The molecule has 0 aromatic carbocycles. The van der Waals surface area contributed by atoms with Crippen molar-refractivity contribution in [3.8, 4) is 0 Å². The van der Waals surface area contributed by atoms with E-state index in [1.807, 2.05) is 5.32 Å². The third-order valence-electron chi connectivity index (χ3n) is 10.5. The van der Waals surface area contributed by atoms with E-state index in [9.17, 15) is 51.4 Å². The molecule has 8 rings (SSSR count). The van der Waals surface area contributed by atoms with Gasteiger partial charge >= 0.3 is 42.9 Å². The second kappa shape index (κ2) is 11.7. The van der Waals surface area contributed by atoms with Crippen LogP contribution in [0.15, 0.2) is 0 Å². The molecule has 43 heavy (non-hydrogen) atoms. The van der Waals surface area contributed by atoms with Gasteiger partial charge in [0.2, 0.25) is 0 Å². The number of rotatable bonds is 7. The smallest absolute Gasteiger partial charge is 0.349 e. The lowest BCUT2D eigenvalue weighted by Crippen LogP contribution is -2.53. The van der Waals surface area contributed by atoms with Crippen LogP contribution in [0.2, 0.25) is 0 Å². The van der Waals surface area contributed by atoms with Crippen LogP contribution in [0.5, 0.6) is 0 Å². The van der Waals surface area contributed by atoms with E-state index < -0.39 is 42.9 Å². The first-order valence-corrected chi connectivity index (χ1v) is 17.2. The first-order chi connectivity index (χ1) is 19.6. The summed E-state index contributed by atoms with van der Waals surface area (Å²) in [6.45, 7) is 0.983. The Labute approximate surface area is 246 Å². The molecule has 0 saturated heterocycles. The summed E-state index contributed by atoms with van der Waals surface area (Å²) in [5.74, 6) is 2.90. The minimum Gasteiger partial charge on any atom is -0.349 e. The van der Waals surface area contributed by atoms with E-state index in [1.165, 1.54) is 57.8 Å². The maximum absolute atomic E-state index is 13.1. The van der Waals surface area contributed by atoms with Gasteiger partial charge in [-0.1, -0.05) is 7.77 Å².